The van der Waals surface area contributed by atoms with Gasteiger partial charge in [-0.05, 0) is 37.1 Å². The van der Waals surface area contributed by atoms with E-state index in [1.165, 1.54) is 22.8 Å². The van der Waals surface area contributed by atoms with Crippen LogP contribution in [0.4, 0.5) is 4.39 Å². The number of hydrogen-bond acceptors (Lipinski definition) is 3. The number of aryl methyl sites for hydroxylation is 2. The van der Waals surface area contributed by atoms with E-state index in [1.54, 1.807) is 19.2 Å². The van der Waals surface area contributed by atoms with E-state index in [1.807, 2.05) is 6.07 Å². The Hall–Kier alpha value is -2.18. The monoisotopic (exact) mass is 508 g/mol. The molecule has 1 unspecified atom stereocenters. The Morgan fingerprint density at radius 1 is 1.31 bits per heavy atom. The zero-order chi connectivity index (χ0) is 20.1. The van der Waals surface area contributed by atoms with Crippen LogP contribution >= 0.6 is 24.0 Å². The number of halogens is 2. The van der Waals surface area contributed by atoms with Crippen LogP contribution in [0.2, 0.25) is 0 Å². The van der Waals surface area contributed by atoms with Crippen LogP contribution in [0.3, 0.4) is 0 Å². The molecule has 1 aliphatic heterocycles. The molecular formula is C22H26FIN4O. The first-order valence-corrected chi connectivity index (χ1v) is 9.34. The molecule has 2 aromatic rings. The van der Waals surface area contributed by atoms with Gasteiger partial charge in [0.25, 0.3) is 0 Å². The number of aliphatic imine (C=N–C) groups is 1. The quantitative estimate of drug-likeness (QED) is 0.386. The second-order valence-electron chi connectivity index (χ2n) is 6.98. The Balaban J connectivity index is 0.00000300. The van der Waals surface area contributed by atoms with Crippen molar-refractivity contribution < 1.29 is 9.13 Å². The van der Waals surface area contributed by atoms with Crippen LogP contribution < -0.4 is 5.32 Å². The number of benzene rings is 2. The van der Waals surface area contributed by atoms with Gasteiger partial charge in [0.05, 0.1) is 24.8 Å². The molecule has 1 saturated heterocycles. The third kappa shape index (κ3) is 5.67. The number of rotatable bonds is 3. The molecule has 1 N–H and O–H groups in total. The molecule has 3 rings (SSSR count). The molecule has 29 heavy (non-hydrogen) atoms. The summed E-state index contributed by atoms with van der Waals surface area (Å²) in [5, 5.41) is 12.1. The number of morpholine rings is 1. The van der Waals surface area contributed by atoms with E-state index >= 15 is 0 Å². The largest absolute Gasteiger partial charge is 0.370 e. The Labute approximate surface area is 188 Å². The average molecular weight is 508 g/mol. The molecule has 0 radical (unpaired) electrons. The van der Waals surface area contributed by atoms with Gasteiger partial charge in [0.15, 0.2) is 5.96 Å². The third-order valence-corrected chi connectivity index (χ3v) is 4.97. The van der Waals surface area contributed by atoms with Crippen molar-refractivity contribution in [2.24, 2.45) is 4.99 Å². The van der Waals surface area contributed by atoms with E-state index in [2.05, 4.69) is 47.3 Å². The van der Waals surface area contributed by atoms with E-state index in [9.17, 15) is 4.39 Å². The van der Waals surface area contributed by atoms with Gasteiger partial charge in [-0.1, -0.05) is 29.8 Å². The molecule has 0 saturated carbocycles. The molecule has 0 bridgehead atoms. The maximum atomic E-state index is 14.1. The van der Waals surface area contributed by atoms with E-state index in [0.29, 0.717) is 36.8 Å². The second-order valence-corrected chi connectivity index (χ2v) is 6.98. The van der Waals surface area contributed by atoms with Gasteiger partial charge in [-0.15, -0.1) is 24.0 Å². The summed E-state index contributed by atoms with van der Waals surface area (Å²) in [4.78, 5) is 6.49. The van der Waals surface area contributed by atoms with E-state index in [0.717, 1.165) is 6.54 Å². The van der Waals surface area contributed by atoms with Gasteiger partial charge >= 0.3 is 0 Å². The van der Waals surface area contributed by atoms with Gasteiger partial charge in [-0.2, -0.15) is 5.26 Å². The smallest absolute Gasteiger partial charge is 0.194 e. The lowest BCUT2D eigenvalue weighted by molar-refractivity contribution is -0.00835. The lowest BCUT2D eigenvalue weighted by Gasteiger charge is -2.36. The van der Waals surface area contributed by atoms with Crippen LogP contribution in [0.1, 0.15) is 33.9 Å². The highest BCUT2D eigenvalue weighted by Crippen LogP contribution is 2.26. The topological polar surface area (TPSA) is 60.7 Å². The molecule has 0 spiro atoms. The first kappa shape index (κ1) is 23.1. The zero-order valence-electron chi connectivity index (χ0n) is 16.9. The van der Waals surface area contributed by atoms with Crippen LogP contribution in [0.15, 0.2) is 41.4 Å². The van der Waals surface area contributed by atoms with Crippen molar-refractivity contribution >= 4 is 29.9 Å². The average Bonchev–Trinajstić information content (AvgIpc) is 2.69. The maximum Gasteiger partial charge on any atom is 0.194 e. The van der Waals surface area contributed by atoms with E-state index in [4.69, 9.17) is 10.00 Å². The number of nitrogens with one attached hydrogen (secondary N) is 1. The molecule has 1 aliphatic rings. The summed E-state index contributed by atoms with van der Waals surface area (Å²) in [5.74, 6) is 0.318. The Bertz CT molecular complexity index is 926. The number of hydrogen-bond donors (Lipinski definition) is 1. The molecule has 0 aromatic heterocycles. The van der Waals surface area contributed by atoms with Crippen LogP contribution in [-0.2, 0) is 11.3 Å². The van der Waals surface area contributed by atoms with Gasteiger partial charge in [0, 0.05) is 25.7 Å². The summed E-state index contributed by atoms with van der Waals surface area (Å²) in [6, 6.07) is 12.8. The summed E-state index contributed by atoms with van der Waals surface area (Å²) in [6.45, 7) is 6.49. The standard InChI is InChI=1S/C22H25FN4O.HI/c1-15-4-7-19(16(2)10-15)21-14-27(8-9-28-21)22(25-3)26-13-18-6-5-17(12-24)11-20(18)23;/h4-7,10-11,21H,8-9,13-14H2,1-3H3,(H,25,26);1H. The van der Waals surface area contributed by atoms with Crippen molar-refractivity contribution in [3.63, 3.8) is 0 Å². The summed E-state index contributed by atoms with van der Waals surface area (Å²) in [6.07, 6.45) is -0.0282. The molecular weight excluding hydrogens is 482 g/mol. The number of nitrogens with zero attached hydrogens (tertiary/aromatic N) is 3. The highest BCUT2D eigenvalue weighted by Gasteiger charge is 2.25. The van der Waals surface area contributed by atoms with E-state index in [-0.39, 0.29) is 30.1 Å². The lowest BCUT2D eigenvalue weighted by atomic mass is 10.00. The molecule has 0 amide bonds. The van der Waals surface area contributed by atoms with Gasteiger partial charge in [-0.25, -0.2) is 4.39 Å². The van der Waals surface area contributed by atoms with Gasteiger partial charge in [0.2, 0.25) is 0 Å². The fourth-order valence-electron chi connectivity index (χ4n) is 3.48. The van der Waals surface area contributed by atoms with Crippen molar-refractivity contribution in [2.45, 2.75) is 26.5 Å². The maximum absolute atomic E-state index is 14.1. The summed E-state index contributed by atoms with van der Waals surface area (Å²) < 4.78 is 20.1. The fraction of sp³-hybridized carbons (Fsp3) is 0.364. The highest BCUT2D eigenvalue weighted by molar-refractivity contribution is 14.0. The van der Waals surface area contributed by atoms with Gasteiger partial charge < -0.3 is 15.0 Å². The van der Waals surface area contributed by atoms with Crippen molar-refractivity contribution in [1.29, 1.82) is 5.26 Å². The molecule has 0 aliphatic carbocycles. The number of guanidine groups is 1. The summed E-state index contributed by atoms with van der Waals surface area (Å²) >= 11 is 0. The molecule has 154 valence electrons. The number of ether oxygens (including phenoxy) is 1. The van der Waals surface area contributed by atoms with Crippen LogP contribution in [0.5, 0.6) is 0 Å². The Morgan fingerprint density at radius 3 is 2.76 bits per heavy atom. The van der Waals surface area contributed by atoms with Crippen molar-refractivity contribution in [3.8, 4) is 6.07 Å². The Kier molecular flexibility index (Phi) is 8.41. The minimum atomic E-state index is -0.392. The first-order valence-electron chi connectivity index (χ1n) is 9.34. The highest BCUT2D eigenvalue weighted by atomic mass is 127. The van der Waals surface area contributed by atoms with Crippen LogP contribution in [0, 0.1) is 31.0 Å². The molecule has 1 atom stereocenters. The second kappa shape index (κ2) is 10.6. The molecule has 1 heterocycles. The fourth-order valence-corrected chi connectivity index (χ4v) is 3.48. The minimum Gasteiger partial charge on any atom is -0.370 e. The first-order chi connectivity index (χ1) is 13.5. The zero-order valence-corrected chi connectivity index (χ0v) is 19.2. The van der Waals surface area contributed by atoms with Crippen molar-refractivity contribution in [1.82, 2.24) is 10.2 Å². The van der Waals surface area contributed by atoms with Crippen molar-refractivity contribution in [2.75, 3.05) is 26.7 Å². The predicted octanol–water partition coefficient (Wildman–Crippen LogP) is 4.08. The number of nitriles is 1. The predicted molar refractivity (Wildman–Crippen MR) is 123 cm³/mol. The Morgan fingerprint density at radius 2 is 2.10 bits per heavy atom. The lowest BCUT2D eigenvalue weighted by Crippen LogP contribution is -2.48. The van der Waals surface area contributed by atoms with Gasteiger partial charge in [-0.3, -0.25) is 4.99 Å². The molecule has 2 aromatic carbocycles. The molecule has 1 fully saturated rings. The SMILES string of the molecule is CN=C(NCc1ccc(C#N)cc1F)N1CCOC(c2ccc(C)cc2C)C1.I. The summed E-state index contributed by atoms with van der Waals surface area (Å²) in [7, 11) is 1.72. The normalized spacial score (nSPS) is 16.7. The minimum absolute atomic E-state index is 0. The van der Waals surface area contributed by atoms with Gasteiger partial charge in [0.1, 0.15) is 11.9 Å². The van der Waals surface area contributed by atoms with Crippen LogP contribution in [-0.4, -0.2) is 37.6 Å². The van der Waals surface area contributed by atoms with E-state index < -0.39 is 5.82 Å². The molecule has 7 heteroatoms. The third-order valence-electron chi connectivity index (χ3n) is 4.97. The summed E-state index contributed by atoms with van der Waals surface area (Å²) in [5.41, 5.74) is 4.45. The van der Waals surface area contributed by atoms with Crippen LogP contribution in [0.25, 0.3) is 0 Å². The van der Waals surface area contributed by atoms with Crippen molar-refractivity contribution in [3.05, 3.63) is 70.0 Å². The molecule has 5 nitrogen and oxygen atoms in total.